The van der Waals surface area contributed by atoms with E-state index in [1.165, 1.54) is 5.56 Å². The molecule has 2 unspecified atom stereocenters. The van der Waals surface area contributed by atoms with Gasteiger partial charge < -0.3 is 10.1 Å². The Morgan fingerprint density at radius 3 is 2.72 bits per heavy atom. The molecule has 2 rings (SSSR count). The molecule has 2 nitrogen and oxygen atoms in total. The summed E-state index contributed by atoms with van der Waals surface area (Å²) >= 11 is 0. The van der Waals surface area contributed by atoms with Gasteiger partial charge in [0.25, 0.3) is 0 Å². The van der Waals surface area contributed by atoms with Crippen LogP contribution in [0.5, 0.6) is 0 Å². The van der Waals surface area contributed by atoms with Crippen molar-refractivity contribution >= 4 is 0 Å². The monoisotopic (exact) mass is 247 g/mol. The van der Waals surface area contributed by atoms with Crippen molar-refractivity contribution in [2.24, 2.45) is 0 Å². The highest BCUT2D eigenvalue weighted by Crippen LogP contribution is 2.24. The number of ether oxygens (including phenoxy) is 1. The largest absolute Gasteiger partial charge is 0.375 e. The summed E-state index contributed by atoms with van der Waals surface area (Å²) in [6.45, 7) is 7.52. The third-order valence-electron chi connectivity index (χ3n) is 3.60. The SMILES string of the molecule is CC(Cc1ccccc1)NC1CCOC(C)(C)C1. The number of nitrogens with one attached hydrogen (secondary N) is 1. The zero-order valence-electron chi connectivity index (χ0n) is 11.8. The van der Waals surface area contributed by atoms with Crippen LogP contribution in [0, 0.1) is 0 Å². The van der Waals surface area contributed by atoms with Gasteiger partial charge in [-0.15, -0.1) is 0 Å². The van der Waals surface area contributed by atoms with Crippen molar-refractivity contribution in [3.8, 4) is 0 Å². The lowest BCUT2D eigenvalue weighted by Gasteiger charge is -2.37. The molecule has 0 radical (unpaired) electrons. The fourth-order valence-electron chi connectivity index (χ4n) is 2.80. The lowest BCUT2D eigenvalue weighted by Crippen LogP contribution is -2.47. The minimum atomic E-state index is 0.0301. The highest BCUT2D eigenvalue weighted by Gasteiger charge is 2.29. The van der Waals surface area contributed by atoms with Gasteiger partial charge in [0.2, 0.25) is 0 Å². The summed E-state index contributed by atoms with van der Waals surface area (Å²) < 4.78 is 5.76. The molecule has 1 saturated heterocycles. The maximum absolute atomic E-state index is 5.76. The van der Waals surface area contributed by atoms with E-state index in [1.54, 1.807) is 0 Å². The molecule has 1 fully saturated rings. The van der Waals surface area contributed by atoms with E-state index >= 15 is 0 Å². The minimum Gasteiger partial charge on any atom is -0.375 e. The Morgan fingerprint density at radius 2 is 2.06 bits per heavy atom. The first-order valence-electron chi connectivity index (χ1n) is 6.99. The molecule has 18 heavy (non-hydrogen) atoms. The van der Waals surface area contributed by atoms with E-state index < -0.39 is 0 Å². The van der Waals surface area contributed by atoms with Crippen LogP contribution in [0.3, 0.4) is 0 Å². The molecule has 2 atom stereocenters. The maximum atomic E-state index is 5.76. The molecule has 0 saturated carbocycles. The molecule has 1 aromatic carbocycles. The van der Waals surface area contributed by atoms with Gasteiger partial charge in [-0.1, -0.05) is 30.3 Å². The normalized spacial score (nSPS) is 24.7. The van der Waals surface area contributed by atoms with Crippen molar-refractivity contribution in [1.82, 2.24) is 5.32 Å². The van der Waals surface area contributed by atoms with Gasteiger partial charge in [-0.05, 0) is 45.6 Å². The molecule has 1 heterocycles. The number of hydrogen-bond donors (Lipinski definition) is 1. The smallest absolute Gasteiger partial charge is 0.0641 e. The van der Waals surface area contributed by atoms with Gasteiger partial charge in [0, 0.05) is 18.7 Å². The Bertz CT molecular complexity index is 361. The first-order chi connectivity index (χ1) is 8.55. The molecule has 0 aromatic heterocycles. The summed E-state index contributed by atoms with van der Waals surface area (Å²) in [6.07, 6.45) is 3.33. The Hall–Kier alpha value is -0.860. The molecular weight excluding hydrogens is 222 g/mol. The average Bonchev–Trinajstić information content (AvgIpc) is 2.28. The van der Waals surface area contributed by atoms with Crippen LogP contribution in [-0.2, 0) is 11.2 Å². The summed E-state index contributed by atoms with van der Waals surface area (Å²) in [4.78, 5) is 0. The summed E-state index contributed by atoms with van der Waals surface area (Å²) in [6, 6.07) is 11.8. The van der Waals surface area contributed by atoms with Crippen molar-refractivity contribution in [2.75, 3.05) is 6.61 Å². The molecule has 0 bridgehead atoms. The Morgan fingerprint density at radius 1 is 1.33 bits per heavy atom. The van der Waals surface area contributed by atoms with Crippen molar-refractivity contribution in [1.29, 1.82) is 0 Å². The van der Waals surface area contributed by atoms with Gasteiger partial charge in [-0.2, -0.15) is 0 Å². The van der Waals surface area contributed by atoms with Crippen LogP contribution < -0.4 is 5.32 Å². The van der Waals surface area contributed by atoms with Crippen molar-refractivity contribution < 1.29 is 4.74 Å². The standard InChI is InChI=1S/C16H25NO/c1-13(11-14-7-5-4-6-8-14)17-15-9-10-18-16(2,3)12-15/h4-8,13,15,17H,9-12H2,1-3H3. The number of benzene rings is 1. The molecule has 100 valence electrons. The van der Waals surface area contributed by atoms with E-state index in [-0.39, 0.29) is 5.60 Å². The summed E-state index contributed by atoms with van der Waals surface area (Å²) in [5.74, 6) is 0. The lowest BCUT2D eigenvalue weighted by atomic mass is 9.93. The van der Waals surface area contributed by atoms with Crippen LogP contribution >= 0.6 is 0 Å². The lowest BCUT2D eigenvalue weighted by molar-refractivity contribution is -0.0639. The molecule has 1 aliphatic heterocycles. The van der Waals surface area contributed by atoms with Crippen LogP contribution in [-0.4, -0.2) is 24.3 Å². The number of rotatable bonds is 4. The molecule has 1 aromatic rings. The third kappa shape index (κ3) is 4.11. The second-order valence-corrected chi connectivity index (χ2v) is 6.06. The van der Waals surface area contributed by atoms with E-state index in [0.29, 0.717) is 12.1 Å². The quantitative estimate of drug-likeness (QED) is 0.882. The predicted octanol–water partition coefficient (Wildman–Crippen LogP) is 3.16. The average molecular weight is 247 g/mol. The minimum absolute atomic E-state index is 0.0301. The van der Waals surface area contributed by atoms with Gasteiger partial charge in [0.15, 0.2) is 0 Å². The highest BCUT2D eigenvalue weighted by molar-refractivity contribution is 5.15. The van der Waals surface area contributed by atoms with Gasteiger partial charge >= 0.3 is 0 Å². The third-order valence-corrected chi connectivity index (χ3v) is 3.60. The van der Waals surface area contributed by atoms with Crippen LogP contribution in [0.25, 0.3) is 0 Å². The second-order valence-electron chi connectivity index (χ2n) is 6.06. The van der Waals surface area contributed by atoms with Crippen molar-refractivity contribution in [3.05, 3.63) is 35.9 Å². The van der Waals surface area contributed by atoms with Gasteiger partial charge in [0.1, 0.15) is 0 Å². The van der Waals surface area contributed by atoms with Gasteiger partial charge in [0.05, 0.1) is 5.60 Å². The Labute approximate surface area is 111 Å². The molecule has 0 spiro atoms. The Balaban J connectivity index is 1.82. The second kappa shape index (κ2) is 5.85. The molecular formula is C16H25NO. The summed E-state index contributed by atoms with van der Waals surface area (Å²) in [5, 5.41) is 3.74. The fourth-order valence-corrected chi connectivity index (χ4v) is 2.80. The molecule has 0 aliphatic carbocycles. The van der Waals surface area contributed by atoms with Crippen molar-refractivity contribution in [2.45, 2.75) is 57.7 Å². The zero-order chi connectivity index (χ0) is 13.0. The van der Waals surface area contributed by atoms with Crippen LogP contribution in [0.4, 0.5) is 0 Å². The first-order valence-corrected chi connectivity index (χ1v) is 6.99. The van der Waals surface area contributed by atoms with Crippen LogP contribution in [0.1, 0.15) is 39.2 Å². The van der Waals surface area contributed by atoms with Crippen molar-refractivity contribution in [3.63, 3.8) is 0 Å². The van der Waals surface area contributed by atoms with Crippen LogP contribution in [0.15, 0.2) is 30.3 Å². The van der Waals surface area contributed by atoms with Crippen LogP contribution in [0.2, 0.25) is 0 Å². The number of hydrogen-bond acceptors (Lipinski definition) is 2. The zero-order valence-corrected chi connectivity index (χ0v) is 11.8. The maximum Gasteiger partial charge on any atom is 0.0641 e. The first kappa shape index (κ1) is 13.6. The van der Waals surface area contributed by atoms with E-state index in [0.717, 1.165) is 25.9 Å². The summed E-state index contributed by atoms with van der Waals surface area (Å²) in [7, 11) is 0. The molecule has 1 N–H and O–H groups in total. The molecule has 0 amide bonds. The Kier molecular flexibility index (Phi) is 4.41. The summed E-state index contributed by atoms with van der Waals surface area (Å²) in [5.41, 5.74) is 1.44. The van der Waals surface area contributed by atoms with E-state index in [1.807, 2.05) is 0 Å². The predicted molar refractivity (Wildman–Crippen MR) is 75.8 cm³/mol. The topological polar surface area (TPSA) is 21.3 Å². The molecule has 2 heteroatoms. The van der Waals surface area contributed by atoms with Gasteiger partial charge in [-0.3, -0.25) is 0 Å². The van der Waals surface area contributed by atoms with E-state index in [9.17, 15) is 0 Å². The fraction of sp³-hybridized carbons (Fsp3) is 0.625. The van der Waals surface area contributed by atoms with E-state index in [4.69, 9.17) is 4.74 Å². The highest BCUT2D eigenvalue weighted by atomic mass is 16.5. The van der Waals surface area contributed by atoms with E-state index in [2.05, 4.69) is 56.4 Å². The van der Waals surface area contributed by atoms with Gasteiger partial charge in [-0.25, -0.2) is 0 Å². The molecule has 1 aliphatic rings.